The van der Waals surface area contributed by atoms with Gasteiger partial charge in [0.15, 0.2) is 0 Å². The Kier molecular flexibility index (Phi) is 5.05. The van der Waals surface area contributed by atoms with Crippen molar-refractivity contribution in [2.75, 3.05) is 25.4 Å². The van der Waals surface area contributed by atoms with E-state index in [0.29, 0.717) is 26.1 Å². The number of nitrogens with one attached hydrogen (secondary N) is 1. The van der Waals surface area contributed by atoms with Gasteiger partial charge in [-0.1, -0.05) is 36.4 Å². The zero-order valence-corrected chi connectivity index (χ0v) is 13.7. The molecule has 1 saturated heterocycles. The summed E-state index contributed by atoms with van der Waals surface area (Å²) in [5, 5.41) is 3.28. The lowest BCUT2D eigenvalue weighted by molar-refractivity contribution is 0.271. The van der Waals surface area contributed by atoms with Crippen LogP contribution in [-0.4, -0.2) is 43.1 Å². The van der Waals surface area contributed by atoms with Crippen LogP contribution in [0, 0.1) is 0 Å². The van der Waals surface area contributed by atoms with Gasteiger partial charge in [-0.2, -0.15) is 4.31 Å². The molecular formula is C17H21N3O2S. The highest BCUT2D eigenvalue weighted by molar-refractivity contribution is 7.89. The normalized spacial score (nSPS) is 19.6. The number of pyridine rings is 1. The number of aromatic nitrogens is 1. The fraction of sp³-hybridized carbons (Fsp3) is 0.353. The molecule has 0 bridgehead atoms. The van der Waals surface area contributed by atoms with E-state index in [1.807, 2.05) is 42.5 Å². The molecule has 1 fully saturated rings. The van der Waals surface area contributed by atoms with Crippen molar-refractivity contribution >= 4 is 10.0 Å². The highest BCUT2D eigenvalue weighted by Crippen LogP contribution is 2.25. The molecule has 23 heavy (non-hydrogen) atoms. The molecule has 1 aromatic heterocycles. The minimum absolute atomic E-state index is 0.133. The van der Waals surface area contributed by atoms with Gasteiger partial charge in [0, 0.05) is 32.0 Å². The first kappa shape index (κ1) is 16.1. The first-order chi connectivity index (χ1) is 11.2. The standard InChI is InChI=1S/C17H21N3O2S/c21-23(22,12-8-15-5-2-1-3-6-15)20-11-10-19-14-17(20)16-7-4-9-18-13-16/h1-7,9,13,17,19H,8,10-12,14H2. The number of benzene rings is 1. The number of hydrogen-bond donors (Lipinski definition) is 1. The zero-order valence-electron chi connectivity index (χ0n) is 12.9. The molecule has 1 aromatic carbocycles. The van der Waals surface area contributed by atoms with Crippen molar-refractivity contribution < 1.29 is 8.42 Å². The molecule has 0 amide bonds. The lowest BCUT2D eigenvalue weighted by atomic mass is 10.1. The van der Waals surface area contributed by atoms with Crippen molar-refractivity contribution in [3.8, 4) is 0 Å². The topological polar surface area (TPSA) is 62.3 Å². The summed E-state index contributed by atoms with van der Waals surface area (Å²) in [5.74, 6) is 0.133. The molecule has 2 heterocycles. The Bertz CT molecular complexity index is 720. The van der Waals surface area contributed by atoms with Crippen LogP contribution in [-0.2, 0) is 16.4 Å². The molecule has 0 radical (unpaired) electrons. The van der Waals surface area contributed by atoms with Crippen molar-refractivity contribution in [3.05, 3.63) is 66.0 Å². The number of aryl methyl sites for hydroxylation is 1. The van der Waals surface area contributed by atoms with Gasteiger partial charge in [-0.05, 0) is 23.6 Å². The molecule has 6 heteroatoms. The van der Waals surface area contributed by atoms with E-state index in [1.165, 1.54) is 0 Å². The average molecular weight is 331 g/mol. The molecule has 1 unspecified atom stereocenters. The van der Waals surface area contributed by atoms with Crippen LogP contribution in [0.15, 0.2) is 54.9 Å². The highest BCUT2D eigenvalue weighted by atomic mass is 32.2. The Labute approximate surface area is 137 Å². The molecule has 1 aliphatic heterocycles. The Balaban J connectivity index is 1.76. The molecule has 2 aromatic rings. The molecule has 0 saturated carbocycles. The van der Waals surface area contributed by atoms with Gasteiger partial charge < -0.3 is 5.32 Å². The molecule has 1 N–H and O–H groups in total. The van der Waals surface area contributed by atoms with E-state index >= 15 is 0 Å². The largest absolute Gasteiger partial charge is 0.313 e. The van der Waals surface area contributed by atoms with Crippen molar-refractivity contribution in [1.82, 2.24) is 14.6 Å². The summed E-state index contributed by atoms with van der Waals surface area (Å²) >= 11 is 0. The molecule has 0 aliphatic carbocycles. The van der Waals surface area contributed by atoms with Crippen LogP contribution in [0.1, 0.15) is 17.2 Å². The van der Waals surface area contributed by atoms with Crippen LogP contribution >= 0.6 is 0 Å². The molecule has 122 valence electrons. The molecule has 3 rings (SSSR count). The summed E-state index contributed by atoms with van der Waals surface area (Å²) in [6, 6.07) is 13.3. The second kappa shape index (κ2) is 7.21. The Hall–Kier alpha value is -1.76. The van der Waals surface area contributed by atoms with E-state index in [-0.39, 0.29) is 11.8 Å². The summed E-state index contributed by atoms with van der Waals surface area (Å²) in [5.41, 5.74) is 1.98. The summed E-state index contributed by atoms with van der Waals surface area (Å²) < 4.78 is 27.3. The maximum Gasteiger partial charge on any atom is 0.215 e. The van der Waals surface area contributed by atoms with Crippen LogP contribution in [0.2, 0.25) is 0 Å². The van der Waals surface area contributed by atoms with Crippen LogP contribution in [0.4, 0.5) is 0 Å². The van der Waals surface area contributed by atoms with E-state index in [1.54, 1.807) is 16.7 Å². The summed E-state index contributed by atoms with van der Waals surface area (Å²) in [4.78, 5) is 4.12. The lowest BCUT2D eigenvalue weighted by Gasteiger charge is -2.35. The third-order valence-electron chi connectivity index (χ3n) is 4.11. The minimum Gasteiger partial charge on any atom is -0.313 e. The minimum atomic E-state index is -3.31. The monoisotopic (exact) mass is 331 g/mol. The summed E-state index contributed by atoms with van der Waals surface area (Å²) in [6.07, 6.45) is 3.98. The predicted octanol–water partition coefficient (Wildman–Crippen LogP) is 1.60. The van der Waals surface area contributed by atoms with Gasteiger partial charge in [-0.25, -0.2) is 8.42 Å². The Morgan fingerprint density at radius 1 is 1.17 bits per heavy atom. The van der Waals surface area contributed by atoms with Gasteiger partial charge in [0.25, 0.3) is 0 Å². The van der Waals surface area contributed by atoms with Gasteiger partial charge >= 0.3 is 0 Å². The van der Waals surface area contributed by atoms with E-state index in [9.17, 15) is 8.42 Å². The van der Waals surface area contributed by atoms with E-state index < -0.39 is 10.0 Å². The molecule has 5 nitrogen and oxygen atoms in total. The highest BCUT2D eigenvalue weighted by Gasteiger charge is 2.32. The maximum atomic E-state index is 12.8. The van der Waals surface area contributed by atoms with Gasteiger partial charge in [-0.3, -0.25) is 4.98 Å². The summed E-state index contributed by atoms with van der Waals surface area (Å²) in [6.45, 7) is 1.80. The van der Waals surface area contributed by atoms with E-state index in [2.05, 4.69) is 10.3 Å². The Morgan fingerprint density at radius 2 is 2.00 bits per heavy atom. The van der Waals surface area contributed by atoms with Crippen LogP contribution in [0.3, 0.4) is 0 Å². The third-order valence-corrected chi connectivity index (χ3v) is 5.98. The van der Waals surface area contributed by atoms with Gasteiger partial charge in [0.05, 0.1) is 11.8 Å². The Morgan fingerprint density at radius 3 is 2.74 bits per heavy atom. The number of piperazine rings is 1. The predicted molar refractivity (Wildman–Crippen MR) is 90.5 cm³/mol. The van der Waals surface area contributed by atoms with Gasteiger partial charge in [0.2, 0.25) is 10.0 Å². The number of hydrogen-bond acceptors (Lipinski definition) is 4. The van der Waals surface area contributed by atoms with Crippen molar-refractivity contribution in [2.45, 2.75) is 12.5 Å². The van der Waals surface area contributed by atoms with Gasteiger partial charge in [0.1, 0.15) is 0 Å². The second-order valence-corrected chi connectivity index (χ2v) is 7.71. The molecule has 1 aliphatic rings. The van der Waals surface area contributed by atoms with Crippen molar-refractivity contribution in [2.24, 2.45) is 0 Å². The number of rotatable bonds is 5. The SMILES string of the molecule is O=S(=O)(CCc1ccccc1)N1CCNCC1c1cccnc1. The van der Waals surface area contributed by atoms with E-state index in [0.717, 1.165) is 11.1 Å². The van der Waals surface area contributed by atoms with Crippen LogP contribution in [0.5, 0.6) is 0 Å². The first-order valence-corrected chi connectivity index (χ1v) is 9.42. The van der Waals surface area contributed by atoms with Gasteiger partial charge in [-0.15, -0.1) is 0 Å². The van der Waals surface area contributed by atoms with Crippen LogP contribution < -0.4 is 5.32 Å². The smallest absolute Gasteiger partial charge is 0.215 e. The second-order valence-electron chi connectivity index (χ2n) is 5.67. The summed E-state index contributed by atoms with van der Waals surface area (Å²) in [7, 11) is -3.31. The third kappa shape index (κ3) is 3.96. The zero-order chi connectivity index (χ0) is 16.1. The molecular weight excluding hydrogens is 310 g/mol. The van der Waals surface area contributed by atoms with Crippen molar-refractivity contribution in [3.63, 3.8) is 0 Å². The fourth-order valence-electron chi connectivity index (χ4n) is 2.88. The van der Waals surface area contributed by atoms with Crippen LogP contribution in [0.25, 0.3) is 0 Å². The number of nitrogens with zero attached hydrogens (tertiary/aromatic N) is 2. The van der Waals surface area contributed by atoms with E-state index in [4.69, 9.17) is 0 Å². The lowest BCUT2D eigenvalue weighted by Crippen LogP contribution is -2.49. The van der Waals surface area contributed by atoms with Crippen molar-refractivity contribution in [1.29, 1.82) is 0 Å². The molecule has 1 atom stereocenters. The average Bonchev–Trinajstić information content (AvgIpc) is 2.62. The quantitative estimate of drug-likeness (QED) is 0.904. The first-order valence-electron chi connectivity index (χ1n) is 7.81. The fourth-order valence-corrected chi connectivity index (χ4v) is 4.57. The maximum absolute atomic E-state index is 12.8. The molecule has 0 spiro atoms. The number of sulfonamides is 1.